The Balaban J connectivity index is 1.67. The van der Waals surface area contributed by atoms with E-state index in [1.807, 2.05) is 49.3 Å². The second-order valence-electron chi connectivity index (χ2n) is 8.63. The van der Waals surface area contributed by atoms with Gasteiger partial charge in [-0.25, -0.2) is 0 Å². The van der Waals surface area contributed by atoms with E-state index in [0.29, 0.717) is 37.5 Å². The molecule has 32 heavy (non-hydrogen) atoms. The molecule has 3 rings (SSSR count). The maximum Gasteiger partial charge on any atom is 0.257 e. The number of nitrogens with zero attached hydrogens (tertiary/aromatic N) is 3. The second kappa shape index (κ2) is 11.8. The molecule has 174 valence electrons. The number of aryl methyl sites for hydroxylation is 1. The van der Waals surface area contributed by atoms with Gasteiger partial charge in [0.15, 0.2) is 0 Å². The van der Waals surface area contributed by atoms with Gasteiger partial charge in [-0.15, -0.1) is 0 Å². The zero-order valence-corrected chi connectivity index (χ0v) is 19.5. The van der Waals surface area contributed by atoms with Crippen molar-refractivity contribution in [3.63, 3.8) is 0 Å². The molecule has 2 heterocycles. The molecule has 2 amide bonds. The Kier molecular flexibility index (Phi) is 8.88. The Morgan fingerprint density at radius 2 is 1.81 bits per heavy atom. The summed E-state index contributed by atoms with van der Waals surface area (Å²) in [6, 6.07) is 11.7. The molecule has 0 aliphatic carbocycles. The number of likely N-dealkylation sites (N-methyl/N-ethyl adjacent to an activating group) is 1. The van der Waals surface area contributed by atoms with Crippen molar-refractivity contribution < 1.29 is 18.7 Å². The predicted octanol–water partition coefficient (Wildman–Crippen LogP) is 3.19. The lowest BCUT2D eigenvalue weighted by molar-refractivity contribution is -0.132. The largest absolute Gasteiger partial charge is 0.469 e. The number of furan rings is 1. The first-order chi connectivity index (χ1) is 15.4. The van der Waals surface area contributed by atoms with Crippen LogP contribution in [0.5, 0.6) is 0 Å². The Hall–Kier alpha value is -2.64. The number of rotatable bonds is 11. The van der Waals surface area contributed by atoms with E-state index in [1.165, 1.54) is 6.26 Å². The first-order valence-electron chi connectivity index (χ1n) is 11.4. The van der Waals surface area contributed by atoms with Crippen molar-refractivity contribution in [3.8, 4) is 0 Å². The van der Waals surface area contributed by atoms with Gasteiger partial charge >= 0.3 is 0 Å². The van der Waals surface area contributed by atoms with Crippen LogP contribution in [0.4, 0.5) is 0 Å². The molecule has 1 saturated heterocycles. The van der Waals surface area contributed by atoms with Crippen LogP contribution in [0.1, 0.15) is 40.9 Å². The van der Waals surface area contributed by atoms with Crippen LogP contribution in [0.3, 0.4) is 0 Å². The molecule has 1 atom stereocenters. The van der Waals surface area contributed by atoms with E-state index in [0.717, 1.165) is 31.6 Å². The van der Waals surface area contributed by atoms with Gasteiger partial charge in [0.2, 0.25) is 5.91 Å². The standard InChI is InChI=1S/C25H35N3O4/c1-20-23(12-17-31-20)25(30)28(19-22-10-7-16-32-22)13-11-24(29)27(15-14-26(2)3)18-21-8-5-4-6-9-21/h4-6,8-9,12,17,22H,7,10-11,13-16,18-19H2,1-3H3. The third-order valence-corrected chi connectivity index (χ3v) is 5.81. The van der Waals surface area contributed by atoms with Gasteiger partial charge in [-0.3, -0.25) is 9.59 Å². The van der Waals surface area contributed by atoms with Crippen molar-refractivity contribution in [2.45, 2.75) is 38.8 Å². The SMILES string of the molecule is Cc1occc1C(=O)N(CCC(=O)N(CCN(C)C)Cc1ccccc1)CC1CCCO1. The van der Waals surface area contributed by atoms with Gasteiger partial charge in [0.05, 0.1) is 17.9 Å². The maximum absolute atomic E-state index is 13.2. The molecule has 7 nitrogen and oxygen atoms in total. The van der Waals surface area contributed by atoms with E-state index in [9.17, 15) is 9.59 Å². The molecule has 1 aromatic heterocycles. The fourth-order valence-corrected chi connectivity index (χ4v) is 3.89. The van der Waals surface area contributed by atoms with Gasteiger partial charge in [-0.2, -0.15) is 0 Å². The smallest absolute Gasteiger partial charge is 0.257 e. The minimum absolute atomic E-state index is 0.0235. The van der Waals surface area contributed by atoms with Crippen molar-refractivity contribution in [1.82, 2.24) is 14.7 Å². The summed E-state index contributed by atoms with van der Waals surface area (Å²) >= 11 is 0. The lowest BCUT2D eigenvalue weighted by atomic mass is 10.1. The summed E-state index contributed by atoms with van der Waals surface area (Å²) < 4.78 is 11.1. The highest BCUT2D eigenvalue weighted by atomic mass is 16.5. The number of hydrogen-bond donors (Lipinski definition) is 0. The maximum atomic E-state index is 13.2. The first kappa shape index (κ1) is 24.0. The fraction of sp³-hybridized carbons (Fsp3) is 0.520. The molecule has 0 spiro atoms. The Labute approximate surface area is 190 Å². The van der Waals surface area contributed by atoms with E-state index >= 15 is 0 Å². The molecule has 0 bridgehead atoms. The zero-order chi connectivity index (χ0) is 22.9. The quantitative estimate of drug-likeness (QED) is 0.536. The van der Waals surface area contributed by atoms with Crippen molar-refractivity contribution in [2.24, 2.45) is 0 Å². The summed E-state index contributed by atoms with van der Waals surface area (Å²) in [7, 11) is 4.00. The summed E-state index contributed by atoms with van der Waals surface area (Å²) in [6.07, 6.45) is 3.77. The van der Waals surface area contributed by atoms with E-state index in [1.54, 1.807) is 17.9 Å². The van der Waals surface area contributed by atoms with Crippen LogP contribution in [-0.4, -0.2) is 79.5 Å². The summed E-state index contributed by atoms with van der Waals surface area (Å²) in [6.45, 7) is 5.35. The third kappa shape index (κ3) is 6.93. The molecule has 1 fully saturated rings. The average molecular weight is 442 g/mol. The van der Waals surface area contributed by atoms with Crippen LogP contribution in [-0.2, 0) is 16.1 Å². The van der Waals surface area contributed by atoms with Crippen LogP contribution in [0.2, 0.25) is 0 Å². The van der Waals surface area contributed by atoms with Gasteiger partial charge in [0.25, 0.3) is 5.91 Å². The molecule has 0 saturated carbocycles. The molecule has 1 aromatic carbocycles. The van der Waals surface area contributed by atoms with Crippen LogP contribution >= 0.6 is 0 Å². The van der Waals surface area contributed by atoms with Gasteiger partial charge in [-0.1, -0.05) is 30.3 Å². The predicted molar refractivity (Wildman–Crippen MR) is 123 cm³/mol. The summed E-state index contributed by atoms with van der Waals surface area (Å²) in [4.78, 5) is 32.1. The van der Waals surface area contributed by atoms with Crippen molar-refractivity contribution >= 4 is 11.8 Å². The lowest BCUT2D eigenvalue weighted by Crippen LogP contribution is -2.42. The number of carbonyl (C=O) groups excluding carboxylic acids is 2. The number of ether oxygens (including phenoxy) is 1. The average Bonchev–Trinajstić information content (AvgIpc) is 3.45. The molecule has 0 N–H and O–H groups in total. The monoisotopic (exact) mass is 441 g/mol. The van der Waals surface area contributed by atoms with Crippen LogP contribution in [0.15, 0.2) is 47.1 Å². The summed E-state index contributed by atoms with van der Waals surface area (Å²) in [5.74, 6) is 0.530. The topological polar surface area (TPSA) is 66.2 Å². The highest BCUT2D eigenvalue weighted by molar-refractivity contribution is 5.95. The number of carbonyl (C=O) groups is 2. The molecular formula is C25H35N3O4. The Morgan fingerprint density at radius 1 is 1.03 bits per heavy atom. The van der Waals surface area contributed by atoms with E-state index in [-0.39, 0.29) is 24.3 Å². The molecule has 1 aliphatic heterocycles. The van der Waals surface area contributed by atoms with Gasteiger partial charge in [0.1, 0.15) is 5.76 Å². The van der Waals surface area contributed by atoms with E-state index in [4.69, 9.17) is 9.15 Å². The van der Waals surface area contributed by atoms with Crippen molar-refractivity contribution in [1.29, 1.82) is 0 Å². The van der Waals surface area contributed by atoms with Crippen LogP contribution in [0, 0.1) is 6.92 Å². The van der Waals surface area contributed by atoms with Crippen LogP contribution < -0.4 is 0 Å². The van der Waals surface area contributed by atoms with Crippen LogP contribution in [0.25, 0.3) is 0 Å². The molecule has 0 radical (unpaired) electrons. The Bertz CT molecular complexity index is 859. The number of benzene rings is 1. The summed E-state index contributed by atoms with van der Waals surface area (Å²) in [5.41, 5.74) is 1.64. The van der Waals surface area contributed by atoms with E-state index in [2.05, 4.69) is 4.90 Å². The Morgan fingerprint density at radius 3 is 2.44 bits per heavy atom. The lowest BCUT2D eigenvalue weighted by Gasteiger charge is -2.28. The van der Waals surface area contributed by atoms with Crippen molar-refractivity contribution in [3.05, 3.63) is 59.5 Å². The molecule has 1 unspecified atom stereocenters. The number of amides is 2. The minimum atomic E-state index is -0.109. The second-order valence-corrected chi connectivity index (χ2v) is 8.63. The van der Waals surface area contributed by atoms with Gasteiger partial charge < -0.3 is 23.9 Å². The van der Waals surface area contributed by atoms with E-state index < -0.39 is 0 Å². The normalized spacial score (nSPS) is 15.8. The molecule has 1 aliphatic rings. The fourth-order valence-electron chi connectivity index (χ4n) is 3.89. The highest BCUT2D eigenvalue weighted by Gasteiger charge is 2.26. The number of hydrogen-bond acceptors (Lipinski definition) is 5. The van der Waals surface area contributed by atoms with Crippen molar-refractivity contribution in [2.75, 3.05) is 46.9 Å². The molecule has 7 heteroatoms. The summed E-state index contributed by atoms with van der Waals surface area (Å²) in [5, 5.41) is 0. The molecule has 2 aromatic rings. The highest BCUT2D eigenvalue weighted by Crippen LogP contribution is 2.18. The zero-order valence-electron chi connectivity index (χ0n) is 19.5. The molecular weight excluding hydrogens is 406 g/mol. The van der Waals surface area contributed by atoms with Gasteiger partial charge in [0, 0.05) is 45.8 Å². The minimum Gasteiger partial charge on any atom is -0.469 e. The van der Waals surface area contributed by atoms with Gasteiger partial charge in [-0.05, 0) is 45.5 Å². The third-order valence-electron chi connectivity index (χ3n) is 5.81. The first-order valence-corrected chi connectivity index (χ1v) is 11.4.